The van der Waals surface area contributed by atoms with Gasteiger partial charge >= 0.3 is 0 Å². The van der Waals surface area contributed by atoms with Crippen LogP contribution in [0.1, 0.15) is 33.3 Å². The SMILES string of the molecule is CCNC(=O)C(C)(C)CNC(=NC)NCC(C)Oc1ccccc1C.I. The molecule has 7 heteroatoms. The van der Waals surface area contributed by atoms with Crippen molar-refractivity contribution in [3.8, 4) is 5.75 Å². The second-order valence-corrected chi connectivity index (χ2v) is 6.74. The number of rotatable bonds is 8. The standard InChI is InChI=1S/C19H32N4O2.HI/c1-7-21-17(24)19(4,5)13-23-18(20-6)22-12-15(3)25-16-11-9-8-10-14(16)2;/h8-11,15H,7,12-13H2,1-6H3,(H,21,24)(H2,20,22,23);1H. The van der Waals surface area contributed by atoms with E-state index in [9.17, 15) is 4.79 Å². The van der Waals surface area contributed by atoms with Crippen molar-refractivity contribution in [3.05, 3.63) is 29.8 Å². The van der Waals surface area contributed by atoms with Crippen LogP contribution in [0.4, 0.5) is 0 Å². The van der Waals surface area contributed by atoms with Crippen LogP contribution in [0.5, 0.6) is 5.75 Å². The van der Waals surface area contributed by atoms with E-state index in [-0.39, 0.29) is 36.0 Å². The Morgan fingerprint density at radius 2 is 1.88 bits per heavy atom. The zero-order valence-corrected chi connectivity index (χ0v) is 19.0. The number of nitrogens with one attached hydrogen (secondary N) is 3. The Morgan fingerprint density at radius 3 is 2.46 bits per heavy atom. The quantitative estimate of drug-likeness (QED) is 0.307. The smallest absolute Gasteiger partial charge is 0.227 e. The van der Waals surface area contributed by atoms with Crippen LogP contribution in [-0.4, -0.2) is 44.7 Å². The van der Waals surface area contributed by atoms with Crippen LogP contribution < -0.4 is 20.7 Å². The third kappa shape index (κ3) is 8.25. The van der Waals surface area contributed by atoms with Gasteiger partial charge in [0.15, 0.2) is 5.96 Å². The number of amides is 1. The first-order valence-electron chi connectivity index (χ1n) is 8.75. The number of aliphatic imine (C=N–C) groups is 1. The van der Waals surface area contributed by atoms with Gasteiger partial charge in [0.2, 0.25) is 5.91 Å². The first-order valence-corrected chi connectivity index (χ1v) is 8.75. The van der Waals surface area contributed by atoms with Gasteiger partial charge in [0, 0.05) is 20.1 Å². The highest BCUT2D eigenvalue weighted by Crippen LogP contribution is 2.17. The van der Waals surface area contributed by atoms with Crippen molar-refractivity contribution in [2.24, 2.45) is 10.4 Å². The molecule has 0 saturated carbocycles. The summed E-state index contributed by atoms with van der Waals surface area (Å²) in [5, 5.41) is 9.29. The molecule has 0 bridgehead atoms. The molecule has 0 aromatic heterocycles. The molecule has 1 rings (SSSR count). The number of aryl methyl sites for hydroxylation is 1. The van der Waals surface area contributed by atoms with Crippen molar-refractivity contribution in [1.82, 2.24) is 16.0 Å². The van der Waals surface area contributed by atoms with Gasteiger partial charge in [0.05, 0.1) is 12.0 Å². The van der Waals surface area contributed by atoms with Gasteiger partial charge in [-0.1, -0.05) is 18.2 Å². The number of ether oxygens (including phenoxy) is 1. The van der Waals surface area contributed by atoms with Gasteiger partial charge in [-0.3, -0.25) is 9.79 Å². The fraction of sp³-hybridized carbons (Fsp3) is 0.579. The number of hydrogen-bond acceptors (Lipinski definition) is 3. The van der Waals surface area contributed by atoms with E-state index >= 15 is 0 Å². The summed E-state index contributed by atoms with van der Waals surface area (Å²) in [6, 6.07) is 7.95. The van der Waals surface area contributed by atoms with Crippen LogP contribution in [0.2, 0.25) is 0 Å². The average Bonchev–Trinajstić information content (AvgIpc) is 2.57. The molecule has 0 radical (unpaired) electrons. The van der Waals surface area contributed by atoms with E-state index in [2.05, 4.69) is 20.9 Å². The summed E-state index contributed by atoms with van der Waals surface area (Å²) in [4.78, 5) is 16.2. The van der Waals surface area contributed by atoms with Gasteiger partial charge in [-0.25, -0.2) is 0 Å². The van der Waals surface area contributed by atoms with E-state index in [0.717, 1.165) is 11.3 Å². The van der Waals surface area contributed by atoms with Gasteiger partial charge in [-0.05, 0) is 46.2 Å². The third-order valence-corrected chi connectivity index (χ3v) is 3.85. The molecular weight excluding hydrogens is 443 g/mol. The second kappa shape index (κ2) is 12.0. The Balaban J connectivity index is 0.00000625. The van der Waals surface area contributed by atoms with Crippen LogP contribution in [0.25, 0.3) is 0 Å². The Kier molecular flexibility index (Phi) is 11.3. The van der Waals surface area contributed by atoms with Gasteiger partial charge in [0.1, 0.15) is 11.9 Å². The summed E-state index contributed by atoms with van der Waals surface area (Å²) >= 11 is 0. The zero-order valence-electron chi connectivity index (χ0n) is 16.7. The number of carbonyl (C=O) groups is 1. The Morgan fingerprint density at radius 1 is 1.23 bits per heavy atom. The monoisotopic (exact) mass is 476 g/mol. The number of nitrogens with zero attached hydrogens (tertiary/aromatic N) is 1. The maximum absolute atomic E-state index is 12.0. The summed E-state index contributed by atoms with van der Waals surface area (Å²) in [6.07, 6.45) is -0.0175. The molecule has 6 nitrogen and oxygen atoms in total. The third-order valence-electron chi connectivity index (χ3n) is 3.85. The van der Waals surface area contributed by atoms with Crippen molar-refractivity contribution in [2.75, 3.05) is 26.7 Å². The fourth-order valence-corrected chi connectivity index (χ4v) is 2.19. The molecule has 0 saturated heterocycles. The van der Waals surface area contributed by atoms with Crippen LogP contribution in [0, 0.1) is 12.3 Å². The molecule has 1 aromatic rings. The minimum absolute atomic E-state index is 0. The average molecular weight is 476 g/mol. The van der Waals surface area contributed by atoms with Gasteiger partial charge in [0.25, 0.3) is 0 Å². The second-order valence-electron chi connectivity index (χ2n) is 6.74. The van der Waals surface area contributed by atoms with E-state index in [1.54, 1.807) is 7.05 Å². The topological polar surface area (TPSA) is 74.8 Å². The van der Waals surface area contributed by atoms with Crippen molar-refractivity contribution >= 4 is 35.8 Å². The summed E-state index contributed by atoms with van der Waals surface area (Å²) in [7, 11) is 1.71. The number of halogens is 1. The first kappa shape index (κ1) is 24.5. The molecule has 0 aliphatic heterocycles. The van der Waals surface area contributed by atoms with E-state index in [0.29, 0.717) is 25.6 Å². The van der Waals surface area contributed by atoms with Crippen molar-refractivity contribution < 1.29 is 9.53 Å². The molecule has 0 aliphatic carbocycles. The molecule has 26 heavy (non-hydrogen) atoms. The lowest BCUT2D eigenvalue weighted by Gasteiger charge is -2.25. The van der Waals surface area contributed by atoms with Crippen LogP contribution in [0.3, 0.4) is 0 Å². The lowest BCUT2D eigenvalue weighted by molar-refractivity contribution is -0.128. The molecule has 1 unspecified atom stereocenters. The van der Waals surface area contributed by atoms with Gasteiger partial charge in [-0.15, -0.1) is 24.0 Å². The fourth-order valence-electron chi connectivity index (χ4n) is 2.19. The Labute approximate surface area is 174 Å². The summed E-state index contributed by atoms with van der Waals surface area (Å²) in [6.45, 7) is 11.5. The molecule has 1 atom stereocenters. The van der Waals surface area contributed by atoms with E-state index < -0.39 is 5.41 Å². The predicted octanol–water partition coefficient (Wildman–Crippen LogP) is 2.71. The molecule has 0 heterocycles. The molecule has 0 aliphatic rings. The Bertz CT molecular complexity index is 591. The summed E-state index contributed by atoms with van der Waals surface area (Å²) in [5.74, 6) is 1.56. The van der Waals surface area contributed by atoms with E-state index in [1.807, 2.05) is 58.9 Å². The minimum Gasteiger partial charge on any atom is -0.489 e. The molecule has 1 aromatic carbocycles. The number of para-hydroxylation sites is 1. The molecule has 0 fully saturated rings. The zero-order chi connectivity index (χ0) is 18.9. The van der Waals surface area contributed by atoms with Crippen molar-refractivity contribution in [1.29, 1.82) is 0 Å². The van der Waals surface area contributed by atoms with Gasteiger partial charge < -0.3 is 20.7 Å². The largest absolute Gasteiger partial charge is 0.489 e. The van der Waals surface area contributed by atoms with Crippen molar-refractivity contribution in [3.63, 3.8) is 0 Å². The predicted molar refractivity (Wildman–Crippen MR) is 119 cm³/mol. The normalized spacial score (nSPS) is 12.6. The lowest BCUT2D eigenvalue weighted by atomic mass is 9.92. The van der Waals surface area contributed by atoms with E-state index in [4.69, 9.17) is 4.74 Å². The van der Waals surface area contributed by atoms with Crippen LogP contribution in [-0.2, 0) is 4.79 Å². The van der Waals surface area contributed by atoms with E-state index in [1.165, 1.54) is 0 Å². The summed E-state index contributed by atoms with van der Waals surface area (Å²) < 4.78 is 5.95. The molecular formula is C19H33IN4O2. The molecule has 3 N–H and O–H groups in total. The molecule has 148 valence electrons. The Hall–Kier alpha value is -1.51. The number of benzene rings is 1. The van der Waals surface area contributed by atoms with Crippen molar-refractivity contribution in [2.45, 2.75) is 40.7 Å². The highest BCUT2D eigenvalue weighted by molar-refractivity contribution is 14.0. The summed E-state index contributed by atoms with van der Waals surface area (Å²) in [5.41, 5.74) is 0.595. The lowest BCUT2D eigenvalue weighted by Crippen LogP contribution is -2.49. The maximum atomic E-state index is 12.0. The van der Waals surface area contributed by atoms with Gasteiger partial charge in [-0.2, -0.15) is 0 Å². The number of hydrogen-bond donors (Lipinski definition) is 3. The number of guanidine groups is 1. The number of carbonyl (C=O) groups excluding carboxylic acids is 1. The minimum atomic E-state index is -0.517. The van der Waals surface area contributed by atoms with Crippen LogP contribution in [0.15, 0.2) is 29.3 Å². The molecule has 1 amide bonds. The van der Waals surface area contributed by atoms with Crippen LogP contribution >= 0.6 is 24.0 Å². The maximum Gasteiger partial charge on any atom is 0.227 e. The highest BCUT2D eigenvalue weighted by Gasteiger charge is 2.27. The first-order chi connectivity index (χ1) is 11.8. The molecule has 0 spiro atoms. The highest BCUT2D eigenvalue weighted by atomic mass is 127.